The van der Waals surface area contributed by atoms with E-state index in [4.69, 9.17) is 15.7 Å². The molecule has 2 N–H and O–H groups in total. The molecule has 0 saturated carbocycles. The molecule has 220 valence electrons. The van der Waals surface area contributed by atoms with Crippen molar-refractivity contribution in [3.05, 3.63) is 109 Å². The molecule has 2 atom stereocenters. The summed E-state index contributed by atoms with van der Waals surface area (Å²) in [5.74, 6) is 2.22. The topological polar surface area (TPSA) is 126 Å². The molecule has 10 nitrogen and oxygen atoms in total. The van der Waals surface area contributed by atoms with Crippen molar-refractivity contribution in [3.8, 4) is 34.4 Å². The highest BCUT2D eigenvalue weighted by Crippen LogP contribution is 2.35. The molecule has 0 aliphatic carbocycles. The SMILES string of the molecule is N#Cc1nccc(N2C3CCC2CN(Cc2ccc(-n4c(-c5cccnc5N)nc5ccc(-c6ccccc6)nc54)cc2)C3)n1. The molecule has 2 unspecified atom stereocenters. The molecule has 0 spiro atoms. The van der Waals surface area contributed by atoms with Gasteiger partial charge in [-0.1, -0.05) is 42.5 Å². The molecule has 6 aromatic rings. The first-order chi connectivity index (χ1) is 22.1. The second-order valence-electron chi connectivity index (χ2n) is 11.6. The first kappa shape index (κ1) is 26.9. The normalized spacial score (nSPS) is 17.9. The Morgan fingerprint density at radius 1 is 0.800 bits per heavy atom. The lowest BCUT2D eigenvalue weighted by Crippen LogP contribution is -2.53. The molecule has 2 aromatic carbocycles. The van der Waals surface area contributed by atoms with Crippen molar-refractivity contribution >= 4 is 22.8 Å². The summed E-state index contributed by atoms with van der Waals surface area (Å²) in [4.78, 5) is 27.9. The molecule has 45 heavy (non-hydrogen) atoms. The van der Waals surface area contributed by atoms with Gasteiger partial charge in [-0.2, -0.15) is 5.26 Å². The largest absolute Gasteiger partial charge is 0.383 e. The molecule has 2 aliphatic rings. The van der Waals surface area contributed by atoms with E-state index < -0.39 is 0 Å². The van der Waals surface area contributed by atoms with Gasteiger partial charge in [-0.25, -0.2) is 24.9 Å². The lowest BCUT2D eigenvalue weighted by molar-refractivity contribution is 0.211. The second kappa shape index (κ2) is 11.1. The van der Waals surface area contributed by atoms with Gasteiger partial charge in [0, 0.05) is 55.4 Å². The molecule has 6 heterocycles. The van der Waals surface area contributed by atoms with Crippen LogP contribution in [0.2, 0.25) is 0 Å². The summed E-state index contributed by atoms with van der Waals surface area (Å²) in [6.07, 6.45) is 5.62. The Morgan fingerprint density at radius 2 is 1.60 bits per heavy atom. The van der Waals surface area contributed by atoms with E-state index in [-0.39, 0.29) is 5.82 Å². The van der Waals surface area contributed by atoms with Gasteiger partial charge in [0.15, 0.2) is 11.5 Å². The zero-order chi connectivity index (χ0) is 30.3. The first-order valence-corrected chi connectivity index (χ1v) is 15.1. The van der Waals surface area contributed by atoms with Gasteiger partial charge >= 0.3 is 0 Å². The van der Waals surface area contributed by atoms with Gasteiger partial charge in [0.1, 0.15) is 23.2 Å². The Kier molecular flexibility index (Phi) is 6.65. The number of fused-ring (bicyclic) bond motifs is 3. The van der Waals surface area contributed by atoms with Crippen LogP contribution < -0.4 is 10.6 Å². The lowest BCUT2D eigenvalue weighted by atomic mass is 10.1. The van der Waals surface area contributed by atoms with E-state index in [0.29, 0.717) is 23.7 Å². The quantitative estimate of drug-likeness (QED) is 0.277. The fourth-order valence-corrected chi connectivity index (χ4v) is 6.81. The van der Waals surface area contributed by atoms with Crippen LogP contribution in [0.1, 0.15) is 24.2 Å². The third-order valence-corrected chi connectivity index (χ3v) is 8.82. The van der Waals surface area contributed by atoms with Crippen LogP contribution in [0.25, 0.3) is 39.5 Å². The van der Waals surface area contributed by atoms with Gasteiger partial charge in [-0.3, -0.25) is 9.47 Å². The van der Waals surface area contributed by atoms with Crippen LogP contribution in [-0.2, 0) is 6.54 Å². The van der Waals surface area contributed by atoms with E-state index in [1.807, 2.05) is 48.5 Å². The van der Waals surface area contributed by atoms with Crippen molar-refractivity contribution in [3.63, 3.8) is 0 Å². The van der Waals surface area contributed by atoms with Gasteiger partial charge in [0.25, 0.3) is 0 Å². The highest BCUT2D eigenvalue weighted by Gasteiger charge is 2.40. The average Bonchev–Trinajstić information content (AvgIpc) is 3.59. The number of pyridine rings is 2. The fraction of sp³-hybridized carbons (Fsp3) is 0.200. The molecule has 8 rings (SSSR count). The predicted octanol–water partition coefficient (Wildman–Crippen LogP) is 5.25. The van der Waals surface area contributed by atoms with Crippen LogP contribution in [0, 0.1) is 11.3 Å². The van der Waals surface area contributed by atoms with E-state index in [2.05, 4.69) is 71.8 Å². The highest BCUT2D eigenvalue weighted by atomic mass is 15.4. The third kappa shape index (κ3) is 4.93. The van der Waals surface area contributed by atoms with Crippen molar-refractivity contribution < 1.29 is 0 Å². The number of benzene rings is 2. The van der Waals surface area contributed by atoms with Crippen LogP contribution in [0.3, 0.4) is 0 Å². The second-order valence-corrected chi connectivity index (χ2v) is 11.6. The van der Waals surface area contributed by atoms with Crippen LogP contribution in [-0.4, -0.2) is 59.6 Å². The number of nitriles is 1. The summed E-state index contributed by atoms with van der Waals surface area (Å²) in [5.41, 5.74) is 12.8. The number of anilines is 2. The number of piperazine rings is 1. The van der Waals surface area contributed by atoms with Crippen molar-refractivity contribution in [2.75, 3.05) is 23.7 Å². The van der Waals surface area contributed by atoms with Crippen molar-refractivity contribution in [2.45, 2.75) is 31.5 Å². The summed E-state index contributed by atoms with van der Waals surface area (Å²) < 4.78 is 2.08. The molecule has 2 aliphatic heterocycles. The maximum absolute atomic E-state index is 9.27. The number of hydrogen-bond acceptors (Lipinski definition) is 9. The Morgan fingerprint density at radius 3 is 2.36 bits per heavy atom. The van der Waals surface area contributed by atoms with Crippen LogP contribution in [0.4, 0.5) is 11.6 Å². The lowest BCUT2D eigenvalue weighted by Gasteiger charge is -2.41. The summed E-state index contributed by atoms with van der Waals surface area (Å²) >= 11 is 0. The molecule has 2 fully saturated rings. The van der Waals surface area contributed by atoms with Gasteiger partial charge < -0.3 is 10.6 Å². The van der Waals surface area contributed by atoms with Crippen molar-refractivity contribution in [1.82, 2.24) is 34.4 Å². The van der Waals surface area contributed by atoms with Gasteiger partial charge in [-0.15, -0.1) is 0 Å². The molecular weight excluding hydrogens is 560 g/mol. The van der Waals surface area contributed by atoms with Gasteiger partial charge in [0.2, 0.25) is 5.82 Å². The average molecular weight is 591 g/mol. The molecular formula is C35H30N10. The molecule has 2 bridgehead atoms. The minimum Gasteiger partial charge on any atom is -0.383 e. The number of rotatable bonds is 6. The van der Waals surface area contributed by atoms with E-state index in [0.717, 1.165) is 72.0 Å². The summed E-state index contributed by atoms with van der Waals surface area (Å²) in [6.45, 7) is 2.76. The number of imidazole rings is 1. The third-order valence-electron chi connectivity index (χ3n) is 8.82. The zero-order valence-electron chi connectivity index (χ0n) is 24.5. The Bertz CT molecular complexity index is 2030. The van der Waals surface area contributed by atoms with Crippen molar-refractivity contribution in [1.29, 1.82) is 5.26 Å². The highest BCUT2D eigenvalue weighted by molar-refractivity contribution is 5.84. The maximum Gasteiger partial charge on any atom is 0.234 e. The van der Waals surface area contributed by atoms with Crippen LogP contribution in [0.15, 0.2) is 97.3 Å². The predicted molar refractivity (Wildman–Crippen MR) is 173 cm³/mol. The van der Waals surface area contributed by atoms with Gasteiger partial charge in [-0.05, 0) is 60.9 Å². The van der Waals surface area contributed by atoms with Crippen LogP contribution in [0.5, 0.6) is 0 Å². The first-order valence-electron chi connectivity index (χ1n) is 15.1. The Hall–Kier alpha value is -5.66. The van der Waals surface area contributed by atoms with E-state index in [9.17, 15) is 5.26 Å². The molecule has 0 amide bonds. The summed E-state index contributed by atoms with van der Waals surface area (Å²) in [7, 11) is 0. The molecule has 4 aromatic heterocycles. The Balaban J connectivity index is 1.09. The number of nitrogens with two attached hydrogens (primary N) is 1. The minimum absolute atomic E-state index is 0.223. The van der Waals surface area contributed by atoms with Crippen molar-refractivity contribution in [2.24, 2.45) is 0 Å². The fourth-order valence-electron chi connectivity index (χ4n) is 6.81. The number of aromatic nitrogens is 6. The molecule has 0 radical (unpaired) electrons. The monoisotopic (exact) mass is 590 g/mol. The summed E-state index contributed by atoms with van der Waals surface area (Å²) in [5, 5.41) is 9.27. The van der Waals surface area contributed by atoms with Crippen LogP contribution >= 0.6 is 0 Å². The van der Waals surface area contributed by atoms with E-state index in [1.165, 1.54) is 5.56 Å². The number of nitrogens with zero attached hydrogens (tertiary/aromatic N) is 9. The minimum atomic E-state index is 0.223. The summed E-state index contributed by atoms with van der Waals surface area (Å²) in [6, 6.07) is 31.4. The zero-order valence-corrected chi connectivity index (χ0v) is 24.5. The molecule has 10 heteroatoms. The number of hydrogen-bond donors (Lipinski definition) is 1. The standard InChI is InChI=1S/C35H30N10/c36-19-31-38-18-16-32(42-31)44-26-12-13-27(44)22-43(21-26)20-23-8-10-25(11-9-23)45-34(28-7-4-17-39-33(28)37)41-30-15-14-29(40-35(30)45)24-5-2-1-3-6-24/h1-11,14-18,26-27H,12-13,20-22H2,(H2,37,39). The maximum atomic E-state index is 9.27. The Labute approximate surface area is 260 Å². The smallest absolute Gasteiger partial charge is 0.234 e. The molecule has 2 saturated heterocycles. The van der Waals surface area contributed by atoms with E-state index in [1.54, 1.807) is 12.4 Å². The number of nitrogen functional groups attached to an aromatic ring is 1. The van der Waals surface area contributed by atoms with E-state index >= 15 is 0 Å². The number of likely N-dealkylation sites (tertiary alicyclic amines) is 1. The van der Waals surface area contributed by atoms with Gasteiger partial charge in [0.05, 0.1) is 11.3 Å².